The van der Waals surface area contributed by atoms with E-state index < -0.39 is 0 Å². The van der Waals surface area contributed by atoms with Gasteiger partial charge in [0.15, 0.2) is 0 Å². The number of nitrogens with one attached hydrogen (secondary N) is 1. The van der Waals surface area contributed by atoms with Crippen molar-refractivity contribution in [3.8, 4) is 0 Å². The standard InChI is InChI=1S/C22H29ClN2O2/c1-14(20-12-15-4-5-17(20)11-15)24-21(26)18-3-2-10-25(13-18)22(27)16-6-8-19(23)9-7-16/h6-9,14-15,17-18,20H,2-5,10-13H2,1H3,(H,24,26). The molecule has 1 N–H and O–H groups in total. The Balaban J connectivity index is 1.34. The van der Waals surface area contributed by atoms with Crippen LogP contribution in [0.2, 0.25) is 5.02 Å². The third-order valence-electron chi connectivity index (χ3n) is 6.98. The van der Waals surface area contributed by atoms with Crippen LogP contribution in [0.5, 0.6) is 0 Å². The molecule has 2 amide bonds. The van der Waals surface area contributed by atoms with E-state index in [0.717, 1.165) is 24.7 Å². The molecule has 5 unspecified atom stereocenters. The van der Waals surface area contributed by atoms with Gasteiger partial charge in [-0.2, -0.15) is 0 Å². The van der Waals surface area contributed by atoms with E-state index in [2.05, 4.69) is 12.2 Å². The van der Waals surface area contributed by atoms with Crippen LogP contribution in [0.4, 0.5) is 0 Å². The minimum atomic E-state index is -0.101. The van der Waals surface area contributed by atoms with Gasteiger partial charge in [0.1, 0.15) is 0 Å². The molecule has 5 heteroatoms. The summed E-state index contributed by atoms with van der Waals surface area (Å²) in [5.41, 5.74) is 0.635. The molecule has 2 aliphatic carbocycles. The van der Waals surface area contributed by atoms with Crippen LogP contribution >= 0.6 is 11.6 Å². The van der Waals surface area contributed by atoms with Crippen molar-refractivity contribution in [3.63, 3.8) is 0 Å². The second-order valence-corrected chi connectivity index (χ2v) is 9.17. The van der Waals surface area contributed by atoms with Crippen molar-refractivity contribution in [1.82, 2.24) is 10.2 Å². The fraction of sp³-hybridized carbons (Fsp3) is 0.636. The number of nitrogens with zero attached hydrogens (tertiary/aromatic N) is 1. The Labute approximate surface area is 166 Å². The predicted octanol–water partition coefficient (Wildman–Crippen LogP) is 4.13. The lowest BCUT2D eigenvalue weighted by molar-refractivity contribution is -0.127. The zero-order chi connectivity index (χ0) is 19.0. The van der Waals surface area contributed by atoms with E-state index in [4.69, 9.17) is 11.6 Å². The molecule has 0 radical (unpaired) electrons. The Morgan fingerprint density at radius 3 is 2.59 bits per heavy atom. The van der Waals surface area contributed by atoms with Crippen molar-refractivity contribution >= 4 is 23.4 Å². The van der Waals surface area contributed by atoms with Gasteiger partial charge in [0.25, 0.3) is 5.91 Å². The molecule has 4 nitrogen and oxygen atoms in total. The fourth-order valence-corrected chi connectivity index (χ4v) is 5.63. The highest BCUT2D eigenvalue weighted by atomic mass is 35.5. The number of hydrogen-bond acceptors (Lipinski definition) is 2. The molecule has 2 bridgehead atoms. The number of halogens is 1. The van der Waals surface area contributed by atoms with E-state index in [0.29, 0.717) is 29.6 Å². The lowest BCUT2D eigenvalue weighted by atomic mass is 9.83. The molecule has 5 atom stereocenters. The van der Waals surface area contributed by atoms with E-state index >= 15 is 0 Å². The van der Waals surface area contributed by atoms with E-state index in [1.807, 2.05) is 4.90 Å². The number of fused-ring (bicyclic) bond motifs is 2. The second kappa shape index (κ2) is 7.83. The summed E-state index contributed by atoms with van der Waals surface area (Å²) in [5, 5.41) is 3.91. The lowest BCUT2D eigenvalue weighted by Gasteiger charge is -2.34. The van der Waals surface area contributed by atoms with Gasteiger partial charge in [-0.1, -0.05) is 18.0 Å². The monoisotopic (exact) mass is 388 g/mol. The number of carbonyl (C=O) groups is 2. The van der Waals surface area contributed by atoms with E-state index in [1.54, 1.807) is 24.3 Å². The fourth-order valence-electron chi connectivity index (χ4n) is 5.51. The number of carbonyl (C=O) groups excluding carboxylic acids is 2. The number of rotatable bonds is 4. The van der Waals surface area contributed by atoms with Gasteiger partial charge >= 0.3 is 0 Å². The first kappa shape index (κ1) is 18.8. The molecule has 1 saturated heterocycles. The second-order valence-electron chi connectivity index (χ2n) is 8.73. The van der Waals surface area contributed by atoms with Gasteiger partial charge in [-0.15, -0.1) is 0 Å². The third-order valence-corrected chi connectivity index (χ3v) is 7.23. The van der Waals surface area contributed by atoms with Gasteiger partial charge in [-0.25, -0.2) is 0 Å². The van der Waals surface area contributed by atoms with Gasteiger partial charge in [0, 0.05) is 29.7 Å². The SMILES string of the molecule is CC(NC(=O)C1CCCN(C(=O)c2ccc(Cl)cc2)C1)C1CC2CCC1C2. The molecule has 1 aromatic carbocycles. The van der Waals surface area contributed by atoms with Crippen LogP contribution in [0.3, 0.4) is 0 Å². The first-order valence-corrected chi connectivity index (χ1v) is 10.7. The maximum Gasteiger partial charge on any atom is 0.253 e. The van der Waals surface area contributed by atoms with E-state index in [-0.39, 0.29) is 23.8 Å². The number of likely N-dealkylation sites (tertiary alicyclic amines) is 1. The maximum absolute atomic E-state index is 12.9. The van der Waals surface area contributed by atoms with Crippen molar-refractivity contribution in [2.75, 3.05) is 13.1 Å². The highest BCUT2D eigenvalue weighted by molar-refractivity contribution is 6.30. The number of piperidine rings is 1. The average molecular weight is 389 g/mol. The normalized spacial score (nSPS) is 31.0. The summed E-state index contributed by atoms with van der Waals surface area (Å²) in [6.07, 6.45) is 7.09. The largest absolute Gasteiger partial charge is 0.353 e. The Morgan fingerprint density at radius 2 is 1.93 bits per heavy atom. The first-order chi connectivity index (χ1) is 13.0. The van der Waals surface area contributed by atoms with Crippen LogP contribution in [0.25, 0.3) is 0 Å². The van der Waals surface area contributed by atoms with Gasteiger partial charge in [-0.3, -0.25) is 9.59 Å². The number of amides is 2. The van der Waals surface area contributed by atoms with Crippen molar-refractivity contribution in [2.45, 2.75) is 51.5 Å². The van der Waals surface area contributed by atoms with Crippen LogP contribution in [0.15, 0.2) is 24.3 Å². The molecule has 3 fully saturated rings. The third kappa shape index (κ3) is 4.01. The molecule has 3 aliphatic rings. The zero-order valence-corrected chi connectivity index (χ0v) is 16.8. The molecule has 27 heavy (non-hydrogen) atoms. The van der Waals surface area contributed by atoms with Gasteiger partial charge < -0.3 is 10.2 Å². The summed E-state index contributed by atoms with van der Waals surface area (Å²) in [5.74, 6) is 2.35. The minimum absolute atomic E-state index is 0.00896. The van der Waals surface area contributed by atoms with Crippen LogP contribution in [0.1, 0.15) is 55.8 Å². The summed E-state index contributed by atoms with van der Waals surface area (Å²) >= 11 is 5.91. The predicted molar refractivity (Wildman–Crippen MR) is 107 cm³/mol. The highest BCUT2D eigenvalue weighted by Crippen LogP contribution is 2.49. The Morgan fingerprint density at radius 1 is 1.15 bits per heavy atom. The summed E-state index contributed by atoms with van der Waals surface area (Å²) < 4.78 is 0. The summed E-state index contributed by atoms with van der Waals surface area (Å²) in [6, 6.07) is 7.23. The maximum atomic E-state index is 12.9. The lowest BCUT2D eigenvalue weighted by Crippen LogP contribution is -2.49. The van der Waals surface area contributed by atoms with Gasteiger partial charge in [0.05, 0.1) is 5.92 Å². The Bertz CT molecular complexity index is 705. The van der Waals surface area contributed by atoms with Crippen molar-refractivity contribution in [2.24, 2.45) is 23.7 Å². The molecular weight excluding hydrogens is 360 g/mol. The van der Waals surface area contributed by atoms with Crippen molar-refractivity contribution < 1.29 is 9.59 Å². The summed E-state index contributed by atoms with van der Waals surface area (Å²) in [4.78, 5) is 27.4. The molecule has 0 spiro atoms. The van der Waals surface area contributed by atoms with E-state index in [1.165, 1.54) is 25.7 Å². The van der Waals surface area contributed by atoms with Crippen LogP contribution in [0, 0.1) is 23.7 Å². The average Bonchev–Trinajstić information content (AvgIpc) is 3.32. The van der Waals surface area contributed by atoms with Gasteiger partial charge in [0.2, 0.25) is 5.91 Å². The molecule has 4 rings (SSSR count). The van der Waals surface area contributed by atoms with E-state index in [9.17, 15) is 9.59 Å². The molecule has 2 saturated carbocycles. The quantitative estimate of drug-likeness (QED) is 0.842. The molecule has 0 aromatic heterocycles. The molecule has 1 aromatic rings. The Kier molecular flexibility index (Phi) is 5.45. The highest BCUT2D eigenvalue weighted by Gasteiger charge is 2.42. The van der Waals surface area contributed by atoms with Crippen molar-refractivity contribution in [3.05, 3.63) is 34.9 Å². The zero-order valence-electron chi connectivity index (χ0n) is 16.0. The first-order valence-electron chi connectivity index (χ1n) is 10.4. The summed E-state index contributed by atoms with van der Waals surface area (Å²) in [6.45, 7) is 3.40. The molecular formula is C22H29ClN2O2. The number of hydrogen-bond donors (Lipinski definition) is 1. The molecule has 146 valence electrons. The molecule has 1 heterocycles. The smallest absolute Gasteiger partial charge is 0.253 e. The number of benzene rings is 1. The van der Waals surface area contributed by atoms with Crippen LogP contribution in [-0.4, -0.2) is 35.8 Å². The topological polar surface area (TPSA) is 49.4 Å². The summed E-state index contributed by atoms with van der Waals surface area (Å²) in [7, 11) is 0. The van der Waals surface area contributed by atoms with Crippen LogP contribution in [-0.2, 0) is 4.79 Å². The van der Waals surface area contributed by atoms with Crippen LogP contribution < -0.4 is 5.32 Å². The minimum Gasteiger partial charge on any atom is -0.353 e. The molecule has 1 aliphatic heterocycles. The Hall–Kier alpha value is -1.55. The van der Waals surface area contributed by atoms with Gasteiger partial charge in [-0.05, 0) is 81.0 Å². The van der Waals surface area contributed by atoms with Crippen molar-refractivity contribution in [1.29, 1.82) is 0 Å².